The number of hydrogen-bond donors (Lipinski definition) is 15. The Labute approximate surface area is 610 Å². The van der Waals surface area contributed by atoms with E-state index in [9.17, 15) is 58.5 Å². The lowest BCUT2D eigenvalue weighted by Gasteiger charge is -2.31. The molecule has 1 heterocycles. The Bertz CT molecular complexity index is 3950. The summed E-state index contributed by atoms with van der Waals surface area (Å²) in [6.07, 6.45) is 0.288. The van der Waals surface area contributed by atoms with Crippen molar-refractivity contribution in [1.29, 1.82) is 0 Å². The molecule has 1 aliphatic rings. The summed E-state index contributed by atoms with van der Waals surface area (Å²) in [6.45, 7) is 5.27. The number of guanidine groups is 2. The van der Waals surface area contributed by atoms with Crippen LogP contribution in [0, 0.1) is 0 Å². The van der Waals surface area contributed by atoms with Gasteiger partial charge in [0.15, 0.2) is 11.9 Å². The summed E-state index contributed by atoms with van der Waals surface area (Å²) >= 11 is 0. The maximum atomic E-state index is 15.0. The van der Waals surface area contributed by atoms with Crippen LogP contribution in [0.3, 0.4) is 0 Å². The number of aliphatic carboxylic acids is 1. The number of fused-ring (bicyclic) bond motifs is 1. The van der Waals surface area contributed by atoms with Crippen molar-refractivity contribution in [2.75, 3.05) is 39.3 Å². The number of likely N-dealkylation sites (N-methyl/N-ethyl adjacent to an activating group) is 1. The lowest BCUT2D eigenvalue weighted by Crippen LogP contribution is -2.61. The molecule has 0 saturated carbocycles. The quantitative estimate of drug-likeness (QED) is 0.0144. The number of benzene rings is 6. The molecule has 0 aromatic heterocycles. The van der Waals surface area contributed by atoms with Crippen LogP contribution in [0.2, 0.25) is 0 Å². The molecule has 19 N–H and O–H groups in total. The van der Waals surface area contributed by atoms with Gasteiger partial charge >= 0.3 is 5.97 Å². The molecule has 1 aliphatic heterocycles. The van der Waals surface area contributed by atoms with Crippen molar-refractivity contribution in [2.45, 2.75) is 152 Å². The molecule has 105 heavy (non-hydrogen) atoms. The number of carboxylic acids is 1. The number of likely N-dealkylation sites (tertiary alicyclic amines) is 1. The molecule has 10 atom stereocenters. The van der Waals surface area contributed by atoms with E-state index >= 15 is 4.79 Å². The first-order valence-corrected chi connectivity index (χ1v) is 35.2. The normalized spacial score (nSPS) is 15.1. The molecule has 7 rings (SSSR count). The topological polar surface area (TPSA) is 463 Å². The van der Waals surface area contributed by atoms with Gasteiger partial charge in [-0.05, 0) is 116 Å². The monoisotopic (exact) mass is 1440 g/mol. The van der Waals surface area contributed by atoms with Crippen LogP contribution in [0.15, 0.2) is 168 Å². The first kappa shape index (κ1) is 80.8. The van der Waals surface area contributed by atoms with Gasteiger partial charge in [0, 0.05) is 45.3 Å². The van der Waals surface area contributed by atoms with Gasteiger partial charge in [0.2, 0.25) is 53.2 Å². The summed E-state index contributed by atoms with van der Waals surface area (Å²) in [6, 6.07) is 32.4. The van der Waals surface area contributed by atoms with Gasteiger partial charge in [-0.1, -0.05) is 159 Å². The highest BCUT2D eigenvalue weighted by Crippen LogP contribution is 2.23. The van der Waals surface area contributed by atoms with Crippen molar-refractivity contribution in [3.05, 3.63) is 186 Å². The first-order valence-electron chi connectivity index (χ1n) is 35.2. The number of carboxylic acid groups (broad SMARTS) is 1. The Kier molecular flexibility index (Phi) is 31.6. The third-order valence-corrected chi connectivity index (χ3v) is 18.1. The fraction of sp³-hybridized carbons (Fsp3) is 0.395. The van der Waals surface area contributed by atoms with E-state index in [1.54, 1.807) is 72.8 Å². The van der Waals surface area contributed by atoms with E-state index in [2.05, 4.69) is 52.5 Å². The van der Waals surface area contributed by atoms with Gasteiger partial charge in [-0.25, -0.2) is 0 Å². The minimum Gasteiger partial charge on any atom is -0.508 e. The number of nitrogens with zero attached hydrogens (tertiary/aromatic N) is 4. The minimum absolute atomic E-state index is 0.0166. The molecular formula is C76H98N16O13. The Morgan fingerprint density at radius 2 is 0.867 bits per heavy atom. The third-order valence-electron chi connectivity index (χ3n) is 18.1. The minimum atomic E-state index is -1.79. The zero-order valence-electron chi connectivity index (χ0n) is 59.3. The maximum Gasteiger partial charge on any atom is 0.325 e. The molecule has 560 valence electrons. The SMILES string of the molecule is CCN(CC)[C@@H](Cc1ccc2ccccc2c1)C(=O)N[C@@H](Cc1ccccc1)C(=O)N[C@@H](Cc1ccccc1)C(=O)N[C@@H](CO)C(=O)N[C@@H](Cc1ccc(O)cc1)C(=O)N[C@@H](CCCN=C(N)N)C(=O)N[C@@H](Cc1ccccc1)C(=O)N[C@@H](CCCN=C(N)N)C(=O)N1CCC[C@@H]1C(=O)N[C@@H](C)C(=O)O. The number of nitrogens with two attached hydrogens (primary N) is 4. The van der Waals surface area contributed by atoms with Gasteiger partial charge in [0.05, 0.1) is 12.6 Å². The fourth-order valence-electron chi connectivity index (χ4n) is 12.4. The third kappa shape index (κ3) is 25.5. The number of phenols is 1. The fourth-order valence-corrected chi connectivity index (χ4v) is 12.4. The van der Waals surface area contributed by atoms with E-state index in [4.69, 9.17) is 22.9 Å². The van der Waals surface area contributed by atoms with Crippen LogP contribution in [0.4, 0.5) is 0 Å². The molecule has 0 bridgehead atoms. The van der Waals surface area contributed by atoms with Crippen LogP contribution in [0.5, 0.6) is 5.75 Å². The van der Waals surface area contributed by atoms with E-state index in [0.29, 0.717) is 48.2 Å². The predicted octanol–water partition coefficient (Wildman–Crippen LogP) is 0.842. The van der Waals surface area contributed by atoms with E-state index in [0.717, 1.165) is 16.3 Å². The number of aliphatic hydroxyl groups excluding tert-OH is 1. The van der Waals surface area contributed by atoms with Gasteiger partial charge in [-0.15, -0.1) is 0 Å². The Hall–Kier alpha value is -11.5. The maximum absolute atomic E-state index is 15.0. The molecule has 9 amide bonds. The van der Waals surface area contributed by atoms with Crippen molar-refractivity contribution in [2.24, 2.45) is 32.9 Å². The van der Waals surface area contributed by atoms with Crippen LogP contribution >= 0.6 is 0 Å². The number of rotatable bonds is 40. The molecule has 0 radical (unpaired) electrons. The van der Waals surface area contributed by atoms with Crippen molar-refractivity contribution < 1.29 is 63.3 Å². The summed E-state index contributed by atoms with van der Waals surface area (Å²) < 4.78 is 0. The zero-order chi connectivity index (χ0) is 76.0. The van der Waals surface area contributed by atoms with Crippen LogP contribution in [0.1, 0.15) is 87.1 Å². The van der Waals surface area contributed by atoms with Crippen LogP contribution in [0.25, 0.3) is 10.8 Å². The summed E-state index contributed by atoms with van der Waals surface area (Å²) in [5.74, 6) is -9.19. The number of carbonyl (C=O) groups is 10. The molecule has 0 spiro atoms. The number of hydrogen-bond acceptors (Lipinski definition) is 15. The second kappa shape index (κ2) is 41.0. The number of phenolic OH excluding ortho intramolecular Hbond substituents is 1. The van der Waals surface area contributed by atoms with E-state index in [1.807, 2.05) is 79.4 Å². The van der Waals surface area contributed by atoms with Crippen LogP contribution in [-0.4, -0.2) is 196 Å². The number of carbonyl (C=O) groups excluding carboxylic acids is 9. The van der Waals surface area contributed by atoms with Gasteiger partial charge in [-0.2, -0.15) is 0 Å². The summed E-state index contributed by atoms with van der Waals surface area (Å²) in [4.78, 5) is 155. The number of aliphatic hydroxyl groups is 1. The molecule has 0 unspecified atom stereocenters. The molecule has 6 aromatic carbocycles. The van der Waals surface area contributed by atoms with E-state index in [1.165, 1.54) is 36.1 Å². The highest BCUT2D eigenvalue weighted by Gasteiger charge is 2.40. The summed E-state index contributed by atoms with van der Waals surface area (Å²) in [5.41, 5.74) is 25.7. The molecule has 29 heteroatoms. The Morgan fingerprint density at radius 1 is 0.476 bits per heavy atom. The Balaban J connectivity index is 1.15. The van der Waals surface area contributed by atoms with E-state index in [-0.39, 0.29) is 95.1 Å². The van der Waals surface area contributed by atoms with Gasteiger partial charge in [0.1, 0.15) is 60.1 Å². The first-order chi connectivity index (χ1) is 50.4. The largest absolute Gasteiger partial charge is 0.508 e. The van der Waals surface area contributed by atoms with Gasteiger partial charge in [0.25, 0.3) is 0 Å². The molecular weight excluding hydrogens is 1340 g/mol. The standard InChI is InChI=1S/C76H98N16O13/c1-4-91(5-2)64(45-52-31-34-53-26-15-16-27-54(53)40-52)72(102)89-61(43-50-24-13-8-14-25-50)68(98)87-59(42-49-22-11-7-12-23-49)69(99)90-62(46-93)70(100)88-60(44-51-32-35-55(94)36-33-51)66(96)84-56(28-17-37-81-75(77)78)65(95)86-58(41-48-20-9-6-10-21-48)67(97)85-57(29-18-38-82-76(79)80)73(103)92-39-19-30-63(92)71(101)83-47(3)74(104)105/h6-16,20-27,31-36,40,47,56-64,93-94H,4-5,17-19,28-30,37-39,41-46H2,1-3H3,(H,83,101)(H,84,96)(H,85,97)(H,86,95)(H,87,98)(H,88,100)(H,89,102)(H,90,99)(H,104,105)(H4,77,78,81)(H4,79,80,82)/t47-,56-,57-,58-,59-,60-,61-,62-,63+,64-/m0/s1. The molecule has 6 aromatic rings. The molecule has 29 nitrogen and oxygen atoms in total. The second-order valence-electron chi connectivity index (χ2n) is 25.8. The zero-order valence-corrected chi connectivity index (χ0v) is 59.3. The van der Waals surface area contributed by atoms with Crippen molar-refractivity contribution in [1.82, 2.24) is 52.3 Å². The van der Waals surface area contributed by atoms with Gasteiger partial charge in [-0.3, -0.25) is 62.8 Å². The lowest BCUT2D eigenvalue weighted by molar-refractivity contribution is -0.144. The number of nitrogens with one attached hydrogen (secondary N) is 8. The highest BCUT2D eigenvalue weighted by molar-refractivity contribution is 5.99. The van der Waals surface area contributed by atoms with Crippen LogP contribution in [-0.2, 0) is 80.0 Å². The molecule has 1 fully saturated rings. The average molecular weight is 1440 g/mol. The predicted molar refractivity (Wildman–Crippen MR) is 397 cm³/mol. The summed E-state index contributed by atoms with van der Waals surface area (Å²) in [5, 5.41) is 54.5. The van der Waals surface area contributed by atoms with Crippen molar-refractivity contribution >= 4 is 81.8 Å². The highest BCUT2D eigenvalue weighted by atomic mass is 16.4. The van der Waals surface area contributed by atoms with Gasteiger partial charge < -0.3 is 85.7 Å². The second-order valence-corrected chi connectivity index (χ2v) is 25.8. The Morgan fingerprint density at radius 3 is 1.32 bits per heavy atom. The van der Waals surface area contributed by atoms with Crippen molar-refractivity contribution in [3.8, 4) is 5.75 Å². The van der Waals surface area contributed by atoms with E-state index < -0.39 is 126 Å². The lowest BCUT2D eigenvalue weighted by atomic mass is 9.98. The number of amides is 9. The molecule has 1 saturated heterocycles. The van der Waals surface area contributed by atoms with Crippen molar-refractivity contribution in [3.63, 3.8) is 0 Å². The average Bonchev–Trinajstić information content (AvgIpc) is 1.77. The number of aromatic hydroxyl groups is 1. The molecule has 0 aliphatic carbocycles. The van der Waals surface area contributed by atoms with Crippen LogP contribution < -0.4 is 65.5 Å². The number of aliphatic imine (C=N–C) groups is 2. The smallest absolute Gasteiger partial charge is 0.325 e. The summed E-state index contributed by atoms with van der Waals surface area (Å²) in [7, 11) is 0.